The third-order valence-corrected chi connectivity index (χ3v) is 5.21. The summed E-state index contributed by atoms with van der Waals surface area (Å²) in [4.78, 5) is 11.7. The van der Waals surface area contributed by atoms with E-state index in [0.29, 0.717) is 0 Å². The number of benzene rings is 1. The summed E-state index contributed by atoms with van der Waals surface area (Å²) in [6, 6.07) is 5.47. The maximum Gasteiger partial charge on any atom is 0.341 e. The van der Waals surface area contributed by atoms with Crippen LogP contribution in [0.25, 0.3) is 0 Å². The molecule has 0 aliphatic heterocycles. The predicted molar refractivity (Wildman–Crippen MR) is 86.5 cm³/mol. The maximum absolute atomic E-state index is 13.9. The summed E-state index contributed by atoms with van der Waals surface area (Å²) in [6.07, 6.45) is -1.48. The van der Waals surface area contributed by atoms with Crippen LogP contribution < -0.4 is 0 Å². The first-order valence-corrected chi connectivity index (χ1v) is 9.58. The fourth-order valence-electron chi connectivity index (χ4n) is 2.04. The second-order valence-electron chi connectivity index (χ2n) is 4.98. The first-order valence-electron chi connectivity index (χ1n) is 7.85. The largest absolute Gasteiger partial charge is 0.462 e. The van der Waals surface area contributed by atoms with Gasteiger partial charge >= 0.3 is 13.6 Å². The molecular formula is C16H23F2O5P. The first-order chi connectivity index (χ1) is 11.4. The van der Waals surface area contributed by atoms with Crippen molar-refractivity contribution < 1.29 is 31.9 Å². The van der Waals surface area contributed by atoms with E-state index in [9.17, 15) is 18.1 Å². The topological polar surface area (TPSA) is 61.8 Å². The Morgan fingerprint density at radius 1 is 1.21 bits per heavy atom. The summed E-state index contributed by atoms with van der Waals surface area (Å²) in [5, 5.41) is 0. The third kappa shape index (κ3) is 7.07. The summed E-state index contributed by atoms with van der Waals surface area (Å²) in [6.45, 7) is 3.60. The van der Waals surface area contributed by atoms with Crippen molar-refractivity contribution in [2.24, 2.45) is 0 Å². The Bertz CT molecular complexity index is 557. The lowest BCUT2D eigenvalue weighted by atomic mass is 10.2. The average Bonchev–Trinajstić information content (AvgIpc) is 2.52. The van der Waals surface area contributed by atoms with Crippen molar-refractivity contribution in [2.75, 3.05) is 26.0 Å². The maximum atomic E-state index is 13.9. The SMILES string of the molecule is CCOP(=O)(CC(F)CCCOC(=O)c1ccccc1F)OCC. The Balaban J connectivity index is 2.35. The highest BCUT2D eigenvalue weighted by atomic mass is 31.2. The third-order valence-electron chi connectivity index (χ3n) is 3.06. The fraction of sp³-hybridized carbons (Fsp3) is 0.562. The van der Waals surface area contributed by atoms with Crippen LogP contribution in [-0.2, 0) is 18.3 Å². The minimum absolute atomic E-state index is 0.0364. The molecule has 1 aromatic rings. The Morgan fingerprint density at radius 2 is 1.83 bits per heavy atom. The molecule has 0 bridgehead atoms. The van der Waals surface area contributed by atoms with E-state index in [4.69, 9.17) is 13.8 Å². The van der Waals surface area contributed by atoms with Crippen LogP contribution in [0.4, 0.5) is 8.78 Å². The number of esters is 1. The lowest BCUT2D eigenvalue weighted by Gasteiger charge is -2.18. The Labute approximate surface area is 140 Å². The van der Waals surface area contributed by atoms with E-state index in [1.54, 1.807) is 13.8 Å². The number of carbonyl (C=O) groups excluding carboxylic acids is 1. The lowest BCUT2D eigenvalue weighted by Crippen LogP contribution is -2.13. The zero-order valence-electron chi connectivity index (χ0n) is 13.9. The molecule has 0 spiro atoms. The van der Waals surface area contributed by atoms with E-state index in [0.717, 1.165) is 6.07 Å². The molecule has 8 heteroatoms. The van der Waals surface area contributed by atoms with Gasteiger partial charge in [0, 0.05) is 0 Å². The molecule has 136 valence electrons. The molecule has 0 aromatic heterocycles. The number of ether oxygens (including phenoxy) is 1. The number of hydrogen-bond donors (Lipinski definition) is 0. The minimum Gasteiger partial charge on any atom is -0.462 e. The van der Waals surface area contributed by atoms with Gasteiger partial charge in [-0.15, -0.1) is 0 Å². The highest BCUT2D eigenvalue weighted by molar-refractivity contribution is 7.53. The molecule has 0 saturated carbocycles. The van der Waals surface area contributed by atoms with E-state index in [1.165, 1.54) is 18.2 Å². The Hall–Kier alpha value is -1.30. The molecule has 0 fully saturated rings. The summed E-state index contributed by atoms with van der Waals surface area (Å²) in [5.74, 6) is -1.46. The molecule has 1 rings (SSSR count). The Kier molecular flexibility index (Phi) is 9.11. The highest BCUT2D eigenvalue weighted by Crippen LogP contribution is 2.49. The number of carbonyl (C=O) groups is 1. The van der Waals surface area contributed by atoms with Gasteiger partial charge in [-0.05, 0) is 38.8 Å². The van der Waals surface area contributed by atoms with Crippen LogP contribution in [-0.4, -0.2) is 38.1 Å². The zero-order chi connectivity index (χ0) is 18.0. The number of rotatable bonds is 11. The van der Waals surface area contributed by atoms with Crippen LogP contribution in [0.1, 0.15) is 37.0 Å². The number of hydrogen-bond acceptors (Lipinski definition) is 5. The molecule has 0 aliphatic carbocycles. The minimum atomic E-state index is -3.43. The summed E-state index contributed by atoms with van der Waals surface area (Å²) >= 11 is 0. The second kappa shape index (κ2) is 10.5. The Morgan fingerprint density at radius 3 is 2.42 bits per heavy atom. The second-order valence-corrected chi connectivity index (χ2v) is 7.09. The van der Waals surface area contributed by atoms with E-state index < -0.39 is 25.6 Å². The lowest BCUT2D eigenvalue weighted by molar-refractivity contribution is 0.0485. The van der Waals surface area contributed by atoms with Crippen LogP contribution in [0.3, 0.4) is 0 Å². The number of alkyl halides is 1. The van der Waals surface area contributed by atoms with E-state index >= 15 is 0 Å². The van der Waals surface area contributed by atoms with Crippen molar-refractivity contribution in [3.05, 3.63) is 35.6 Å². The first kappa shape index (κ1) is 20.7. The summed E-state index contributed by atoms with van der Waals surface area (Å²) in [7, 11) is -3.43. The van der Waals surface area contributed by atoms with E-state index in [2.05, 4.69) is 0 Å². The van der Waals surface area contributed by atoms with Gasteiger partial charge in [-0.1, -0.05) is 12.1 Å². The van der Waals surface area contributed by atoms with E-state index in [-0.39, 0.29) is 44.4 Å². The predicted octanol–water partition coefficient (Wildman–Crippen LogP) is 4.37. The summed E-state index contributed by atoms with van der Waals surface area (Å²) in [5.41, 5.74) is -0.161. The summed E-state index contributed by atoms with van der Waals surface area (Å²) < 4.78 is 54.4. The zero-order valence-corrected chi connectivity index (χ0v) is 14.8. The van der Waals surface area contributed by atoms with E-state index in [1.807, 2.05) is 0 Å². The van der Waals surface area contributed by atoms with Crippen molar-refractivity contribution in [3.8, 4) is 0 Å². The monoisotopic (exact) mass is 364 g/mol. The van der Waals surface area contributed by atoms with Gasteiger partial charge in [0.05, 0.1) is 31.5 Å². The van der Waals surface area contributed by atoms with Crippen molar-refractivity contribution in [2.45, 2.75) is 32.9 Å². The van der Waals surface area contributed by atoms with Gasteiger partial charge in [0.1, 0.15) is 12.0 Å². The number of halogens is 2. The molecule has 0 radical (unpaired) electrons. The van der Waals surface area contributed by atoms with Crippen molar-refractivity contribution >= 4 is 13.6 Å². The van der Waals surface area contributed by atoms with Crippen LogP contribution in [0.15, 0.2) is 24.3 Å². The average molecular weight is 364 g/mol. The smallest absolute Gasteiger partial charge is 0.341 e. The van der Waals surface area contributed by atoms with Crippen molar-refractivity contribution in [1.29, 1.82) is 0 Å². The molecule has 1 unspecified atom stereocenters. The normalized spacial score (nSPS) is 12.8. The van der Waals surface area contributed by atoms with Gasteiger partial charge in [0.15, 0.2) is 0 Å². The highest BCUT2D eigenvalue weighted by Gasteiger charge is 2.28. The molecule has 1 atom stereocenters. The molecule has 0 heterocycles. The van der Waals surface area contributed by atoms with Crippen LogP contribution in [0.5, 0.6) is 0 Å². The van der Waals surface area contributed by atoms with Crippen molar-refractivity contribution in [1.82, 2.24) is 0 Å². The molecule has 0 saturated heterocycles. The molecule has 24 heavy (non-hydrogen) atoms. The van der Waals surface area contributed by atoms with Gasteiger partial charge in [0.25, 0.3) is 0 Å². The van der Waals surface area contributed by atoms with Crippen molar-refractivity contribution in [3.63, 3.8) is 0 Å². The van der Waals surface area contributed by atoms with Gasteiger partial charge in [0.2, 0.25) is 0 Å². The quantitative estimate of drug-likeness (QED) is 0.332. The van der Waals surface area contributed by atoms with Crippen LogP contribution >= 0.6 is 7.60 Å². The van der Waals surface area contributed by atoms with Gasteiger partial charge < -0.3 is 13.8 Å². The molecule has 1 aromatic carbocycles. The fourth-order valence-corrected chi connectivity index (χ4v) is 3.78. The van der Waals surface area contributed by atoms with Gasteiger partial charge in [-0.25, -0.2) is 13.6 Å². The molecule has 0 N–H and O–H groups in total. The van der Waals surface area contributed by atoms with Crippen LogP contribution in [0.2, 0.25) is 0 Å². The molecule has 0 aliphatic rings. The molecular weight excluding hydrogens is 341 g/mol. The molecule has 0 amide bonds. The van der Waals surface area contributed by atoms with Gasteiger partial charge in [-0.3, -0.25) is 4.57 Å². The van der Waals surface area contributed by atoms with Gasteiger partial charge in [-0.2, -0.15) is 0 Å². The van der Waals surface area contributed by atoms with Crippen LogP contribution in [0, 0.1) is 5.82 Å². The standard InChI is InChI=1S/C16H23F2O5P/c1-3-22-24(20,23-4-2)12-13(17)8-7-11-21-16(19)14-9-5-6-10-15(14)18/h5-6,9-10,13H,3-4,7-8,11-12H2,1-2H3. The molecule has 5 nitrogen and oxygen atoms in total.